The fraction of sp³-hybridized carbons (Fsp3) is 0.917. The quantitative estimate of drug-likeness (QED) is 0.672. The van der Waals surface area contributed by atoms with Crippen molar-refractivity contribution in [3.63, 3.8) is 0 Å². The predicted octanol–water partition coefficient (Wildman–Crippen LogP) is 1.52. The molecule has 1 saturated carbocycles. The lowest BCUT2D eigenvalue weighted by atomic mass is 9.94. The van der Waals surface area contributed by atoms with Crippen LogP contribution >= 0.6 is 0 Å². The van der Waals surface area contributed by atoms with Crippen molar-refractivity contribution in [2.45, 2.75) is 39.5 Å². The lowest BCUT2D eigenvalue weighted by Gasteiger charge is -2.16. The summed E-state index contributed by atoms with van der Waals surface area (Å²) in [6, 6.07) is 0. The van der Waals surface area contributed by atoms with Crippen LogP contribution in [0.25, 0.3) is 0 Å². The summed E-state index contributed by atoms with van der Waals surface area (Å²) in [5.74, 6) is 1.91. The number of hydrogen-bond donors (Lipinski definition) is 2. The summed E-state index contributed by atoms with van der Waals surface area (Å²) in [6.45, 7) is 5.84. The minimum absolute atomic E-state index is 0.179. The number of carbonyl (C=O) groups is 1. The largest absolute Gasteiger partial charge is 0.356 e. The van der Waals surface area contributed by atoms with Crippen molar-refractivity contribution in [3.8, 4) is 0 Å². The maximum absolute atomic E-state index is 11.6. The molecule has 0 aromatic heterocycles. The molecule has 3 nitrogen and oxygen atoms in total. The summed E-state index contributed by atoms with van der Waals surface area (Å²) in [7, 11) is 0. The van der Waals surface area contributed by atoms with Crippen LogP contribution in [0.2, 0.25) is 0 Å². The SMILES string of the molecule is CC(C)CC(CN)CC(=O)NCC1CC1. The topological polar surface area (TPSA) is 55.1 Å². The average Bonchev–Trinajstić information content (AvgIpc) is 2.96. The van der Waals surface area contributed by atoms with Crippen LogP contribution in [0.15, 0.2) is 0 Å². The van der Waals surface area contributed by atoms with Crippen LogP contribution in [0, 0.1) is 17.8 Å². The van der Waals surface area contributed by atoms with E-state index in [2.05, 4.69) is 19.2 Å². The lowest BCUT2D eigenvalue weighted by Crippen LogP contribution is -2.30. The third-order valence-electron chi connectivity index (χ3n) is 2.90. The molecule has 0 saturated heterocycles. The Labute approximate surface area is 92.8 Å². The average molecular weight is 212 g/mol. The van der Waals surface area contributed by atoms with Crippen LogP contribution in [0.4, 0.5) is 0 Å². The molecular weight excluding hydrogens is 188 g/mol. The highest BCUT2D eigenvalue weighted by atomic mass is 16.1. The van der Waals surface area contributed by atoms with E-state index in [4.69, 9.17) is 5.73 Å². The first kappa shape index (κ1) is 12.5. The summed E-state index contributed by atoms with van der Waals surface area (Å²) in [4.78, 5) is 11.6. The molecule has 0 heterocycles. The van der Waals surface area contributed by atoms with Crippen LogP contribution in [0.3, 0.4) is 0 Å². The smallest absolute Gasteiger partial charge is 0.220 e. The summed E-state index contributed by atoms with van der Waals surface area (Å²) in [5.41, 5.74) is 5.66. The van der Waals surface area contributed by atoms with E-state index in [1.54, 1.807) is 0 Å². The number of nitrogens with two attached hydrogens (primary N) is 1. The highest BCUT2D eigenvalue weighted by molar-refractivity contribution is 5.76. The van der Waals surface area contributed by atoms with E-state index in [-0.39, 0.29) is 5.91 Å². The third-order valence-corrected chi connectivity index (χ3v) is 2.90. The second-order valence-electron chi connectivity index (χ2n) is 5.18. The van der Waals surface area contributed by atoms with Gasteiger partial charge in [-0.2, -0.15) is 0 Å². The van der Waals surface area contributed by atoms with Crippen molar-refractivity contribution in [1.82, 2.24) is 5.32 Å². The fourth-order valence-corrected chi connectivity index (χ4v) is 1.84. The van der Waals surface area contributed by atoms with Crippen LogP contribution in [0.5, 0.6) is 0 Å². The van der Waals surface area contributed by atoms with Crippen molar-refractivity contribution >= 4 is 5.91 Å². The molecule has 0 bridgehead atoms. The number of nitrogens with one attached hydrogen (secondary N) is 1. The van der Waals surface area contributed by atoms with Gasteiger partial charge in [-0.15, -0.1) is 0 Å². The molecule has 1 unspecified atom stereocenters. The second-order valence-corrected chi connectivity index (χ2v) is 5.18. The molecular formula is C12H24N2O. The molecule has 1 aliphatic rings. The van der Waals surface area contributed by atoms with Gasteiger partial charge in [0.25, 0.3) is 0 Å². The van der Waals surface area contributed by atoms with E-state index in [1.165, 1.54) is 12.8 Å². The zero-order valence-electron chi connectivity index (χ0n) is 9.96. The van der Waals surface area contributed by atoms with E-state index < -0.39 is 0 Å². The van der Waals surface area contributed by atoms with Gasteiger partial charge in [0.05, 0.1) is 0 Å². The molecule has 88 valence electrons. The first-order valence-corrected chi connectivity index (χ1v) is 6.08. The first-order valence-electron chi connectivity index (χ1n) is 6.08. The van der Waals surface area contributed by atoms with E-state index in [0.717, 1.165) is 18.9 Å². The highest BCUT2D eigenvalue weighted by Crippen LogP contribution is 2.27. The Bertz CT molecular complexity index is 200. The molecule has 0 aromatic rings. The molecule has 0 aliphatic heterocycles. The Morgan fingerprint density at radius 3 is 2.60 bits per heavy atom. The minimum atomic E-state index is 0.179. The van der Waals surface area contributed by atoms with Crippen molar-refractivity contribution in [3.05, 3.63) is 0 Å². The number of hydrogen-bond acceptors (Lipinski definition) is 2. The van der Waals surface area contributed by atoms with E-state index in [1.807, 2.05) is 0 Å². The molecule has 3 N–H and O–H groups in total. The molecule has 3 heteroatoms. The number of rotatable bonds is 7. The standard InChI is InChI=1S/C12H24N2O/c1-9(2)5-11(7-13)6-12(15)14-8-10-3-4-10/h9-11H,3-8,13H2,1-2H3,(H,14,15). The molecule has 1 amide bonds. The van der Waals surface area contributed by atoms with E-state index in [0.29, 0.717) is 24.8 Å². The van der Waals surface area contributed by atoms with Crippen LogP contribution in [-0.2, 0) is 4.79 Å². The van der Waals surface area contributed by atoms with Gasteiger partial charge in [0.15, 0.2) is 0 Å². The number of carbonyl (C=O) groups excluding carboxylic acids is 1. The Balaban J connectivity index is 2.14. The van der Waals surface area contributed by atoms with Crippen molar-refractivity contribution in [1.29, 1.82) is 0 Å². The van der Waals surface area contributed by atoms with Gasteiger partial charge in [0.2, 0.25) is 5.91 Å². The third kappa shape index (κ3) is 5.78. The fourth-order valence-electron chi connectivity index (χ4n) is 1.84. The molecule has 1 aliphatic carbocycles. The van der Waals surface area contributed by atoms with Crippen LogP contribution < -0.4 is 11.1 Å². The van der Waals surface area contributed by atoms with Gasteiger partial charge in [0, 0.05) is 13.0 Å². The molecule has 15 heavy (non-hydrogen) atoms. The van der Waals surface area contributed by atoms with E-state index >= 15 is 0 Å². The molecule has 1 rings (SSSR count). The molecule has 1 atom stereocenters. The van der Waals surface area contributed by atoms with Gasteiger partial charge in [-0.05, 0) is 43.6 Å². The highest BCUT2D eigenvalue weighted by Gasteiger charge is 2.22. The molecule has 1 fully saturated rings. The zero-order valence-corrected chi connectivity index (χ0v) is 9.96. The van der Waals surface area contributed by atoms with Crippen LogP contribution in [0.1, 0.15) is 39.5 Å². The van der Waals surface area contributed by atoms with Gasteiger partial charge < -0.3 is 11.1 Å². The Hall–Kier alpha value is -0.570. The monoisotopic (exact) mass is 212 g/mol. The summed E-state index contributed by atoms with van der Waals surface area (Å²) in [6.07, 6.45) is 4.22. The van der Waals surface area contributed by atoms with Crippen molar-refractivity contribution in [2.24, 2.45) is 23.5 Å². The maximum atomic E-state index is 11.6. The number of amides is 1. The van der Waals surface area contributed by atoms with E-state index in [9.17, 15) is 4.79 Å². The lowest BCUT2D eigenvalue weighted by molar-refractivity contribution is -0.122. The van der Waals surface area contributed by atoms with Gasteiger partial charge in [-0.1, -0.05) is 13.8 Å². The first-order chi connectivity index (χ1) is 7.11. The van der Waals surface area contributed by atoms with Gasteiger partial charge in [-0.3, -0.25) is 4.79 Å². The predicted molar refractivity (Wildman–Crippen MR) is 62.4 cm³/mol. The summed E-state index contributed by atoms with van der Waals surface area (Å²) >= 11 is 0. The Morgan fingerprint density at radius 1 is 1.47 bits per heavy atom. The molecule has 0 radical (unpaired) electrons. The zero-order chi connectivity index (χ0) is 11.3. The van der Waals surface area contributed by atoms with Gasteiger partial charge in [-0.25, -0.2) is 0 Å². The van der Waals surface area contributed by atoms with Crippen molar-refractivity contribution < 1.29 is 4.79 Å². The molecule has 0 spiro atoms. The van der Waals surface area contributed by atoms with Crippen molar-refractivity contribution in [2.75, 3.05) is 13.1 Å². The summed E-state index contributed by atoms with van der Waals surface area (Å²) < 4.78 is 0. The minimum Gasteiger partial charge on any atom is -0.356 e. The Kier molecular flexibility index (Phi) is 5.09. The Morgan fingerprint density at radius 2 is 2.13 bits per heavy atom. The second kappa shape index (κ2) is 6.11. The van der Waals surface area contributed by atoms with Crippen LogP contribution in [-0.4, -0.2) is 19.0 Å². The molecule has 0 aromatic carbocycles. The van der Waals surface area contributed by atoms with Gasteiger partial charge >= 0.3 is 0 Å². The van der Waals surface area contributed by atoms with Gasteiger partial charge in [0.1, 0.15) is 0 Å². The summed E-state index contributed by atoms with van der Waals surface area (Å²) in [5, 5.41) is 2.99. The maximum Gasteiger partial charge on any atom is 0.220 e. The normalized spacial score (nSPS) is 17.9.